The normalized spacial score (nSPS) is 18.3. The largest absolute Gasteiger partial charge is 0.368 e. The average molecular weight is 313 g/mol. The third-order valence-corrected chi connectivity index (χ3v) is 4.66. The number of carbonyl (C=O) groups is 2. The second kappa shape index (κ2) is 6.86. The molecule has 122 valence electrons. The fourth-order valence-electron chi connectivity index (χ4n) is 3.44. The summed E-state index contributed by atoms with van der Waals surface area (Å²) in [5, 5.41) is 1.22. The number of nitrogens with one attached hydrogen (secondary N) is 1. The van der Waals surface area contributed by atoms with Crippen LogP contribution in [0.3, 0.4) is 0 Å². The molecule has 3 N–H and O–H groups in total. The molecule has 0 radical (unpaired) electrons. The maximum atomic E-state index is 12.4. The lowest BCUT2D eigenvalue weighted by molar-refractivity contribution is -0.141. The highest BCUT2D eigenvalue weighted by Crippen LogP contribution is 2.21. The number of likely N-dealkylation sites (tertiary alicyclic amines) is 1. The fourth-order valence-corrected chi connectivity index (χ4v) is 3.44. The summed E-state index contributed by atoms with van der Waals surface area (Å²) >= 11 is 0. The summed E-state index contributed by atoms with van der Waals surface area (Å²) in [5.74, 6) is -0.331. The van der Waals surface area contributed by atoms with E-state index in [0.29, 0.717) is 19.4 Å². The SMILES string of the molecule is NC(=O)[C@H]1CCCCN1C(=O)CCCc1c[nH]c2ccccc12. The van der Waals surface area contributed by atoms with Crippen molar-refractivity contribution >= 4 is 22.7 Å². The van der Waals surface area contributed by atoms with Gasteiger partial charge >= 0.3 is 0 Å². The van der Waals surface area contributed by atoms with Gasteiger partial charge in [0.2, 0.25) is 11.8 Å². The van der Waals surface area contributed by atoms with E-state index in [2.05, 4.69) is 17.1 Å². The van der Waals surface area contributed by atoms with Crippen LogP contribution in [0.4, 0.5) is 0 Å². The Bertz CT molecular complexity index is 707. The van der Waals surface area contributed by atoms with Crippen molar-refractivity contribution in [1.82, 2.24) is 9.88 Å². The Morgan fingerprint density at radius 2 is 2.09 bits per heavy atom. The number of rotatable bonds is 5. The smallest absolute Gasteiger partial charge is 0.240 e. The monoisotopic (exact) mass is 313 g/mol. The van der Waals surface area contributed by atoms with Crippen LogP contribution in [0.25, 0.3) is 10.9 Å². The molecule has 1 saturated heterocycles. The molecule has 1 aliphatic heterocycles. The molecule has 2 amide bonds. The highest BCUT2D eigenvalue weighted by Gasteiger charge is 2.29. The summed E-state index contributed by atoms with van der Waals surface area (Å²) in [7, 11) is 0. The lowest BCUT2D eigenvalue weighted by Crippen LogP contribution is -2.50. The number of hydrogen-bond acceptors (Lipinski definition) is 2. The molecule has 1 atom stereocenters. The number of amides is 2. The van der Waals surface area contributed by atoms with Crippen molar-refractivity contribution in [1.29, 1.82) is 0 Å². The van der Waals surface area contributed by atoms with Gasteiger partial charge in [-0.05, 0) is 43.7 Å². The number of aryl methyl sites for hydroxylation is 1. The second-order valence-electron chi connectivity index (χ2n) is 6.21. The van der Waals surface area contributed by atoms with Crippen LogP contribution in [0.1, 0.15) is 37.7 Å². The number of nitrogens with two attached hydrogens (primary N) is 1. The van der Waals surface area contributed by atoms with Gasteiger partial charge in [0, 0.05) is 30.1 Å². The van der Waals surface area contributed by atoms with Gasteiger partial charge in [0.1, 0.15) is 6.04 Å². The number of hydrogen-bond donors (Lipinski definition) is 2. The van der Waals surface area contributed by atoms with Gasteiger partial charge in [0.25, 0.3) is 0 Å². The minimum Gasteiger partial charge on any atom is -0.368 e. The Morgan fingerprint density at radius 3 is 2.91 bits per heavy atom. The molecule has 0 aliphatic carbocycles. The standard InChI is InChI=1S/C18H23N3O2/c19-18(23)16-9-3-4-11-21(16)17(22)10-5-6-13-12-20-15-8-2-1-7-14(13)15/h1-2,7-8,12,16,20H,3-6,9-11H2,(H2,19,23)/t16-/m1/s1. The second-order valence-corrected chi connectivity index (χ2v) is 6.21. The highest BCUT2D eigenvalue weighted by molar-refractivity contribution is 5.87. The Labute approximate surface area is 135 Å². The van der Waals surface area contributed by atoms with Crippen LogP contribution in [-0.4, -0.2) is 34.3 Å². The molecule has 23 heavy (non-hydrogen) atoms. The number of aromatic amines is 1. The van der Waals surface area contributed by atoms with E-state index in [1.807, 2.05) is 18.3 Å². The van der Waals surface area contributed by atoms with Crippen molar-refractivity contribution in [3.63, 3.8) is 0 Å². The zero-order valence-electron chi connectivity index (χ0n) is 13.3. The van der Waals surface area contributed by atoms with Crippen molar-refractivity contribution in [2.24, 2.45) is 5.73 Å². The van der Waals surface area contributed by atoms with Crippen LogP contribution in [0.2, 0.25) is 0 Å². The Balaban J connectivity index is 1.57. The molecule has 0 bridgehead atoms. The minimum absolute atomic E-state index is 0.0494. The molecule has 2 aromatic rings. The average Bonchev–Trinajstić information content (AvgIpc) is 2.98. The van der Waals surface area contributed by atoms with E-state index in [0.717, 1.165) is 31.2 Å². The van der Waals surface area contributed by atoms with E-state index >= 15 is 0 Å². The van der Waals surface area contributed by atoms with Crippen LogP contribution >= 0.6 is 0 Å². The maximum absolute atomic E-state index is 12.4. The lowest BCUT2D eigenvalue weighted by atomic mass is 10.00. The van der Waals surface area contributed by atoms with Crippen LogP contribution in [-0.2, 0) is 16.0 Å². The van der Waals surface area contributed by atoms with Crippen LogP contribution < -0.4 is 5.73 Å². The van der Waals surface area contributed by atoms with Gasteiger partial charge in [0.05, 0.1) is 0 Å². The quantitative estimate of drug-likeness (QED) is 0.888. The minimum atomic E-state index is -0.413. The first-order chi connectivity index (χ1) is 11.2. The number of nitrogens with zero attached hydrogens (tertiary/aromatic N) is 1. The predicted molar refractivity (Wildman–Crippen MR) is 89.8 cm³/mol. The fraction of sp³-hybridized carbons (Fsp3) is 0.444. The number of piperidine rings is 1. The lowest BCUT2D eigenvalue weighted by Gasteiger charge is -2.33. The first-order valence-electron chi connectivity index (χ1n) is 8.30. The Kier molecular flexibility index (Phi) is 4.65. The van der Waals surface area contributed by atoms with Gasteiger partial charge in [-0.25, -0.2) is 0 Å². The number of benzene rings is 1. The Morgan fingerprint density at radius 1 is 1.26 bits per heavy atom. The van der Waals surface area contributed by atoms with Gasteiger partial charge in [-0.3, -0.25) is 9.59 Å². The van der Waals surface area contributed by atoms with Crippen molar-refractivity contribution in [3.05, 3.63) is 36.0 Å². The molecule has 0 saturated carbocycles. The zero-order chi connectivity index (χ0) is 16.2. The molecule has 2 heterocycles. The van der Waals surface area contributed by atoms with Crippen molar-refractivity contribution in [2.45, 2.75) is 44.6 Å². The summed E-state index contributed by atoms with van der Waals surface area (Å²) in [6, 6.07) is 7.76. The third kappa shape index (κ3) is 3.38. The number of carbonyl (C=O) groups excluding carboxylic acids is 2. The molecule has 1 aliphatic rings. The summed E-state index contributed by atoms with van der Waals surface area (Å²) in [6.45, 7) is 0.652. The molecule has 0 unspecified atom stereocenters. The summed E-state index contributed by atoms with van der Waals surface area (Å²) < 4.78 is 0. The molecule has 1 aromatic heterocycles. The first-order valence-corrected chi connectivity index (χ1v) is 8.30. The molecule has 1 fully saturated rings. The summed E-state index contributed by atoms with van der Waals surface area (Å²) in [4.78, 5) is 28.9. The molecular weight excluding hydrogens is 290 g/mol. The van der Waals surface area contributed by atoms with E-state index in [-0.39, 0.29) is 11.8 Å². The van der Waals surface area contributed by atoms with Gasteiger partial charge in [-0.2, -0.15) is 0 Å². The van der Waals surface area contributed by atoms with Crippen molar-refractivity contribution in [2.75, 3.05) is 6.54 Å². The topological polar surface area (TPSA) is 79.2 Å². The number of para-hydroxylation sites is 1. The van der Waals surface area contributed by atoms with E-state index in [1.165, 1.54) is 10.9 Å². The predicted octanol–water partition coefficient (Wildman–Crippen LogP) is 2.36. The van der Waals surface area contributed by atoms with Gasteiger partial charge < -0.3 is 15.6 Å². The molecule has 0 spiro atoms. The van der Waals surface area contributed by atoms with E-state index in [4.69, 9.17) is 5.73 Å². The van der Waals surface area contributed by atoms with Crippen molar-refractivity contribution in [3.8, 4) is 0 Å². The number of fused-ring (bicyclic) bond motifs is 1. The van der Waals surface area contributed by atoms with E-state index < -0.39 is 6.04 Å². The van der Waals surface area contributed by atoms with Crippen LogP contribution in [0.5, 0.6) is 0 Å². The van der Waals surface area contributed by atoms with Gasteiger partial charge in [0.15, 0.2) is 0 Å². The molecule has 5 heteroatoms. The molecule has 3 rings (SSSR count). The van der Waals surface area contributed by atoms with E-state index in [9.17, 15) is 9.59 Å². The highest BCUT2D eigenvalue weighted by atomic mass is 16.2. The zero-order valence-corrected chi connectivity index (χ0v) is 13.3. The van der Waals surface area contributed by atoms with Crippen molar-refractivity contribution < 1.29 is 9.59 Å². The van der Waals surface area contributed by atoms with Gasteiger partial charge in [-0.1, -0.05) is 18.2 Å². The maximum Gasteiger partial charge on any atom is 0.240 e. The molecule has 5 nitrogen and oxygen atoms in total. The third-order valence-electron chi connectivity index (χ3n) is 4.66. The number of primary amides is 1. The van der Waals surface area contributed by atoms with Gasteiger partial charge in [-0.15, -0.1) is 0 Å². The summed E-state index contributed by atoms with van der Waals surface area (Å²) in [6.07, 6.45) is 6.73. The summed E-state index contributed by atoms with van der Waals surface area (Å²) in [5.41, 5.74) is 7.78. The Hall–Kier alpha value is -2.30. The van der Waals surface area contributed by atoms with Crippen LogP contribution in [0, 0.1) is 0 Å². The number of H-pyrrole nitrogens is 1. The first kappa shape index (κ1) is 15.6. The van der Waals surface area contributed by atoms with Crippen LogP contribution in [0.15, 0.2) is 30.5 Å². The number of aromatic nitrogens is 1. The molecular formula is C18H23N3O2. The van der Waals surface area contributed by atoms with E-state index in [1.54, 1.807) is 4.90 Å². The molecule has 1 aromatic carbocycles.